The highest BCUT2D eigenvalue weighted by atomic mass is 16.2. The number of benzene rings is 1. The third kappa shape index (κ3) is 4.04. The van der Waals surface area contributed by atoms with Gasteiger partial charge in [-0.1, -0.05) is 30.3 Å². The van der Waals surface area contributed by atoms with E-state index in [1.165, 1.54) is 5.56 Å². The van der Waals surface area contributed by atoms with Crippen molar-refractivity contribution in [1.82, 2.24) is 10.2 Å². The molecular weight excluding hydrogens is 238 g/mol. The van der Waals surface area contributed by atoms with Crippen molar-refractivity contribution in [2.75, 3.05) is 26.2 Å². The predicted molar refractivity (Wildman–Crippen MR) is 76.5 cm³/mol. The zero-order valence-corrected chi connectivity index (χ0v) is 11.3. The van der Waals surface area contributed by atoms with Crippen LogP contribution in [0.25, 0.3) is 0 Å². The van der Waals surface area contributed by atoms with Crippen molar-refractivity contribution in [3.63, 3.8) is 0 Å². The normalized spacial score (nSPS) is 18.5. The summed E-state index contributed by atoms with van der Waals surface area (Å²) in [5.41, 5.74) is 6.75. The first-order valence-corrected chi connectivity index (χ1v) is 7.04. The van der Waals surface area contributed by atoms with E-state index in [-0.39, 0.29) is 11.8 Å². The Bertz CT molecular complexity index is 388. The molecule has 3 N–H and O–H groups in total. The van der Waals surface area contributed by atoms with Crippen molar-refractivity contribution in [3.8, 4) is 0 Å². The molecule has 2 rings (SSSR count). The van der Waals surface area contributed by atoms with E-state index in [2.05, 4.69) is 17.4 Å². The van der Waals surface area contributed by atoms with Crippen molar-refractivity contribution < 1.29 is 4.79 Å². The van der Waals surface area contributed by atoms with E-state index in [9.17, 15) is 4.79 Å². The van der Waals surface area contributed by atoms with E-state index >= 15 is 0 Å². The zero-order chi connectivity index (χ0) is 13.5. The number of nitrogens with one attached hydrogen (secondary N) is 1. The van der Waals surface area contributed by atoms with Gasteiger partial charge < -0.3 is 16.0 Å². The van der Waals surface area contributed by atoms with Gasteiger partial charge in [0.2, 0.25) is 5.91 Å². The summed E-state index contributed by atoms with van der Waals surface area (Å²) in [6.07, 6.45) is 1.81. The molecule has 1 unspecified atom stereocenters. The van der Waals surface area contributed by atoms with Gasteiger partial charge in [0.15, 0.2) is 0 Å². The molecule has 4 nitrogen and oxygen atoms in total. The van der Waals surface area contributed by atoms with E-state index in [0.717, 1.165) is 32.5 Å². The fraction of sp³-hybridized carbons (Fsp3) is 0.533. The summed E-state index contributed by atoms with van der Waals surface area (Å²) in [5.74, 6) is 0.406. The SMILES string of the molecule is NCCCN(Cc1ccccc1)C(=O)C1CCNC1. The molecule has 1 atom stereocenters. The Hall–Kier alpha value is -1.39. The second-order valence-electron chi connectivity index (χ2n) is 5.08. The highest BCUT2D eigenvalue weighted by Gasteiger charge is 2.26. The first kappa shape index (κ1) is 14.0. The molecule has 1 aromatic carbocycles. The van der Waals surface area contributed by atoms with Crippen molar-refractivity contribution in [2.45, 2.75) is 19.4 Å². The molecule has 1 aromatic rings. The number of rotatable bonds is 6. The molecule has 0 spiro atoms. The summed E-state index contributed by atoms with van der Waals surface area (Å²) in [7, 11) is 0. The Morgan fingerprint density at radius 3 is 2.79 bits per heavy atom. The molecule has 1 aliphatic rings. The van der Waals surface area contributed by atoms with Crippen LogP contribution in [0.5, 0.6) is 0 Å². The number of carbonyl (C=O) groups excluding carboxylic acids is 1. The Labute approximate surface area is 115 Å². The number of hydrogen-bond donors (Lipinski definition) is 2. The van der Waals surface area contributed by atoms with E-state index in [0.29, 0.717) is 13.1 Å². The molecule has 1 saturated heterocycles. The number of hydrogen-bond acceptors (Lipinski definition) is 3. The van der Waals surface area contributed by atoms with Gasteiger partial charge in [-0.3, -0.25) is 4.79 Å². The lowest BCUT2D eigenvalue weighted by atomic mass is 10.1. The minimum absolute atomic E-state index is 0.140. The van der Waals surface area contributed by atoms with Crippen LogP contribution in [0.1, 0.15) is 18.4 Å². The lowest BCUT2D eigenvalue weighted by Gasteiger charge is -2.25. The number of nitrogens with two attached hydrogens (primary N) is 1. The summed E-state index contributed by atoms with van der Waals surface area (Å²) in [6.45, 7) is 3.83. The van der Waals surface area contributed by atoms with Gasteiger partial charge in [0, 0.05) is 19.6 Å². The molecule has 19 heavy (non-hydrogen) atoms. The Kier molecular flexibility index (Phi) is 5.36. The fourth-order valence-electron chi connectivity index (χ4n) is 2.48. The largest absolute Gasteiger partial charge is 0.338 e. The van der Waals surface area contributed by atoms with Crippen LogP contribution in [0.2, 0.25) is 0 Å². The molecule has 1 heterocycles. The topological polar surface area (TPSA) is 58.4 Å². The Balaban J connectivity index is 2.00. The van der Waals surface area contributed by atoms with Crippen LogP contribution in [-0.2, 0) is 11.3 Å². The lowest BCUT2D eigenvalue weighted by Crippen LogP contribution is -2.37. The van der Waals surface area contributed by atoms with Crippen LogP contribution in [0, 0.1) is 5.92 Å². The van der Waals surface area contributed by atoms with Gasteiger partial charge in [0.1, 0.15) is 0 Å². The number of carbonyl (C=O) groups is 1. The van der Waals surface area contributed by atoms with Crippen LogP contribution in [-0.4, -0.2) is 37.0 Å². The van der Waals surface area contributed by atoms with Crippen molar-refractivity contribution in [2.24, 2.45) is 11.7 Å². The van der Waals surface area contributed by atoms with Gasteiger partial charge >= 0.3 is 0 Å². The highest BCUT2D eigenvalue weighted by molar-refractivity contribution is 5.79. The molecule has 0 bridgehead atoms. The smallest absolute Gasteiger partial charge is 0.227 e. The molecular formula is C15H23N3O. The van der Waals surface area contributed by atoms with E-state index < -0.39 is 0 Å². The maximum Gasteiger partial charge on any atom is 0.227 e. The third-order valence-corrected chi connectivity index (χ3v) is 3.57. The first-order chi connectivity index (χ1) is 9.31. The summed E-state index contributed by atoms with van der Waals surface area (Å²) < 4.78 is 0. The highest BCUT2D eigenvalue weighted by Crippen LogP contribution is 2.14. The van der Waals surface area contributed by atoms with Crippen LogP contribution >= 0.6 is 0 Å². The van der Waals surface area contributed by atoms with Crippen LogP contribution in [0.15, 0.2) is 30.3 Å². The second kappa shape index (κ2) is 7.26. The zero-order valence-electron chi connectivity index (χ0n) is 11.3. The van der Waals surface area contributed by atoms with Crippen LogP contribution in [0.3, 0.4) is 0 Å². The Morgan fingerprint density at radius 1 is 1.37 bits per heavy atom. The second-order valence-corrected chi connectivity index (χ2v) is 5.08. The standard InChI is InChI=1S/C15H23N3O/c16-8-4-10-18(12-13-5-2-1-3-6-13)15(19)14-7-9-17-11-14/h1-3,5-6,14,17H,4,7-12,16H2. The average molecular weight is 261 g/mol. The van der Waals surface area contributed by atoms with Crippen molar-refractivity contribution in [3.05, 3.63) is 35.9 Å². The van der Waals surface area contributed by atoms with Gasteiger partial charge in [-0.2, -0.15) is 0 Å². The minimum Gasteiger partial charge on any atom is -0.338 e. The maximum absolute atomic E-state index is 12.5. The number of nitrogens with zero attached hydrogens (tertiary/aromatic N) is 1. The first-order valence-electron chi connectivity index (χ1n) is 7.04. The van der Waals surface area contributed by atoms with Crippen LogP contribution in [0.4, 0.5) is 0 Å². The van der Waals surface area contributed by atoms with Gasteiger partial charge in [-0.15, -0.1) is 0 Å². The summed E-state index contributed by atoms with van der Waals surface area (Å²) >= 11 is 0. The molecule has 104 valence electrons. The summed E-state index contributed by atoms with van der Waals surface area (Å²) in [5, 5.41) is 3.26. The molecule has 0 saturated carbocycles. The molecule has 0 aromatic heterocycles. The molecule has 1 aliphatic heterocycles. The lowest BCUT2D eigenvalue weighted by molar-refractivity contribution is -0.135. The van der Waals surface area contributed by atoms with Gasteiger partial charge in [-0.05, 0) is 31.5 Å². The molecule has 0 aliphatic carbocycles. The summed E-state index contributed by atoms with van der Waals surface area (Å²) in [4.78, 5) is 14.5. The van der Waals surface area contributed by atoms with Gasteiger partial charge in [0.05, 0.1) is 5.92 Å². The van der Waals surface area contributed by atoms with Crippen LogP contribution < -0.4 is 11.1 Å². The fourth-order valence-corrected chi connectivity index (χ4v) is 2.48. The molecule has 1 amide bonds. The average Bonchev–Trinajstić information content (AvgIpc) is 2.98. The van der Waals surface area contributed by atoms with E-state index in [1.54, 1.807) is 0 Å². The minimum atomic E-state index is 0.140. The van der Waals surface area contributed by atoms with Gasteiger partial charge in [0.25, 0.3) is 0 Å². The quantitative estimate of drug-likeness (QED) is 0.802. The third-order valence-electron chi connectivity index (χ3n) is 3.57. The van der Waals surface area contributed by atoms with Crippen molar-refractivity contribution in [1.29, 1.82) is 0 Å². The Morgan fingerprint density at radius 2 is 2.16 bits per heavy atom. The maximum atomic E-state index is 12.5. The number of amides is 1. The molecule has 4 heteroatoms. The van der Waals surface area contributed by atoms with Crippen molar-refractivity contribution >= 4 is 5.91 Å². The monoisotopic (exact) mass is 261 g/mol. The van der Waals surface area contributed by atoms with Gasteiger partial charge in [-0.25, -0.2) is 0 Å². The summed E-state index contributed by atoms with van der Waals surface area (Å²) in [6, 6.07) is 10.2. The molecule has 0 radical (unpaired) electrons. The predicted octanol–water partition coefficient (Wildman–Crippen LogP) is 0.973. The molecule has 1 fully saturated rings. The van der Waals surface area contributed by atoms with E-state index in [4.69, 9.17) is 5.73 Å². The van der Waals surface area contributed by atoms with E-state index in [1.807, 2.05) is 23.1 Å².